The number of amides is 1. The van der Waals surface area contributed by atoms with E-state index in [0.717, 1.165) is 55.0 Å². The Hall–Kier alpha value is -2.83. The zero-order valence-electron chi connectivity index (χ0n) is 24.0. The summed E-state index contributed by atoms with van der Waals surface area (Å²) in [6.45, 7) is 9.06. The van der Waals surface area contributed by atoms with E-state index in [1.54, 1.807) is 0 Å². The summed E-state index contributed by atoms with van der Waals surface area (Å²) in [4.78, 5) is 15.5. The van der Waals surface area contributed by atoms with Gasteiger partial charge in [0.1, 0.15) is 6.04 Å². The summed E-state index contributed by atoms with van der Waals surface area (Å²) in [6, 6.07) is 8.97. The molecule has 1 fully saturated rings. The van der Waals surface area contributed by atoms with Crippen molar-refractivity contribution in [1.82, 2.24) is 10.6 Å². The number of morpholine rings is 1. The third kappa shape index (κ3) is 9.89. The minimum absolute atomic E-state index is 0.0528. The Morgan fingerprint density at radius 3 is 2.15 bits per heavy atom. The maximum Gasteiger partial charge on any atom is 0.407 e. The highest BCUT2D eigenvalue weighted by molar-refractivity contribution is 7.90. The Kier molecular flexibility index (Phi) is 11.5. The first-order valence-corrected chi connectivity index (χ1v) is 15.8. The molecule has 3 N–H and O–H groups in total. The average molecular weight is 599 g/mol. The number of nitrogens with one attached hydrogen (secondary N) is 3. The number of halogens is 3. The van der Waals surface area contributed by atoms with Crippen molar-refractivity contribution >= 4 is 27.1 Å². The van der Waals surface area contributed by atoms with E-state index in [0.29, 0.717) is 26.2 Å². The van der Waals surface area contributed by atoms with Crippen molar-refractivity contribution in [2.75, 3.05) is 49.3 Å². The van der Waals surface area contributed by atoms with Gasteiger partial charge in [-0.05, 0) is 60.7 Å². The van der Waals surface area contributed by atoms with Gasteiger partial charge in [0.05, 0.1) is 24.2 Å². The second-order valence-electron chi connectivity index (χ2n) is 10.8. The van der Waals surface area contributed by atoms with Gasteiger partial charge in [-0.25, -0.2) is 8.42 Å². The highest BCUT2D eigenvalue weighted by Crippen LogP contribution is 2.34. The number of sulfone groups is 1. The van der Waals surface area contributed by atoms with Crippen molar-refractivity contribution in [1.29, 1.82) is 0 Å². The van der Waals surface area contributed by atoms with Crippen molar-refractivity contribution in [3.05, 3.63) is 54.1 Å². The fourth-order valence-electron chi connectivity index (χ4n) is 4.66. The van der Waals surface area contributed by atoms with E-state index in [1.807, 2.05) is 45.0 Å². The first-order chi connectivity index (χ1) is 19.3. The normalized spacial score (nSPS) is 16.7. The SMILES string of the molecule is CC[C@@H](CNc1ccc(N2CCOCC2)cc1)NC(=O)[C@H](CC(C)C)N[C@@H](c1ccc(S(C)(=O)=O)cc1)C(F)(F)F. The molecule has 0 spiro atoms. The summed E-state index contributed by atoms with van der Waals surface area (Å²) < 4.78 is 71.4. The second-order valence-corrected chi connectivity index (χ2v) is 12.8. The highest BCUT2D eigenvalue weighted by Gasteiger charge is 2.43. The van der Waals surface area contributed by atoms with Gasteiger partial charge >= 0.3 is 6.18 Å². The molecule has 1 aliphatic heterocycles. The molecule has 0 saturated carbocycles. The van der Waals surface area contributed by atoms with E-state index in [4.69, 9.17) is 4.74 Å². The summed E-state index contributed by atoms with van der Waals surface area (Å²) >= 11 is 0. The lowest BCUT2D eigenvalue weighted by Gasteiger charge is -2.30. The van der Waals surface area contributed by atoms with Gasteiger partial charge in [-0.3, -0.25) is 10.1 Å². The van der Waals surface area contributed by atoms with Gasteiger partial charge in [0.25, 0.3) is 0 Å². The maximum atomic E-state index is 14.2. The molecule has 8 nitrogen and oxygen atoms in total. The van der Waals surface area contributed by atoms with E-state index in [9.17, 15) is 26.4 Å². The van der Waals surface area contributed by atoms with Crippen LogP contribution >= 0.6 is 0 Å². The number of carbonyl (C=O) groups excluding carboxylic acids is 1. The summed E-state index contributed by atoms with van der Waals surface area (Å²) in [7, 11) is -3.56. The van der Waals surface area contributed by atoms with Gasteiger partial charge in [-0.2, -0.15) is 13.2 Å². The van der Waals surface area contributed by atoms with Crippen molar-refractivity contribution in [3.8, 4) is 0 Å². The Morgan fingerprint density at radius 1 is 1.02 bits per heavy atom. The predicted octanol–water partition coefficient (Wildman–Crippen LogP) is 4.54. The molecule has 1 amide bonds. The molecule has 2 aromatic rings. The van der Waals surface area contributed by atoms with E-state index in [2.05, 4.69) is 20.9 Å². The number of ether oxygens (including phenoxy) is 1. The van der Waals surface area contributed by atoms with Crippen molar-refractivity contribution in [2.24, 2.45) is 5.92 Å². The van der Waals surface area contributed by atoms with Crippen LogP contribution in [-0.2, 0) is 19.4 Å². The summed E-state index contributed by atoms with van der Waals surface area (Å²) in [5.41, 5.74) is 1.81. The van der Waals surface area contributed by atoms with Crippen molar-refractivity contribution in [3.63, 3.8) is 0 Å². The summed E-state index contributed by atoms with van der Waals surface area (Å²) in [5.74, 6) is -0.569. The fraction of sp³-hybridized carbons (Fsp3) is 0.552. The first kappa shape index (κ1) is 32.7. The molecule has 0 unspecified atom stereocenters. The summed E-state index contributed by atoms with van der Waals surface area (Å²) in [5, 5.41) is 8.74. The van der Waals surface area contributed by atoms with Gasteiger partial charge in [0, 0.05) is 43.3 Å². The van der Waals surface area contributed by atoms with Gasteiger partial charge in [-0.1, -0.05) is 32.9 Å². The minimum Gasteiger partial charge on any atom is -0.383 e. The minimum atomic E-state index is -4.71. The zero-order chi connectivity index (χ0) is 30.2. The predicted molar refractivity (Wildman–Crippen MR) is 155 cm³/mol. The molecule has 0 bridgehead atoms. The van der Waals surface area contributed by atoms with E-state index >= 15 is 0 Å². The Labute approximate surface area is 240 Å². The third-order valence-corrected chi connectivity index (χ3v) is 8.12. The molecule has 3 rings (SSSR count). The van der Waals surface area contributed by atoms with Crippen LogP contribution < -0.4 is 20.9 Å². The molecule has 0 radical (unpaired) electrons. The number of anilines is 2. The Bertz CT molecular complexity index is 1220. The Balaban J connectivity index is 1.67. The molecular weight excluding hydrogens is 557 g/mol. The van der Waals surface area contributed by atoms with Crippen molar-refractivity contribution < 1.29 is 31.1 Å². The zero-order valence-corrected chi connectivity index (χ0v) is 24.8. The average Bonchev–Trinajstić information content (AvgIpc) is 2.92. The number of hydrogen-bond acceptors (Lipinski definition) is 7. The number of benzene rings is 2. The number of rotatable bonds is 13. The number of carbonyl (C=O) groups is 1. The fourth-order valence-corrected chi connectivity index (χ4v) is 5.29. The molecule has 0 aliphatic carbocycles. The van der Waals surface area contributed by atoms with Crippen LogP contribution in [0.2, 0.25) is 0 Å². The first-order valence-electron chi connectivity index (χ1n) is 13.9. The molecule has 0 aromatic heterocycles. The largest absolute Gasteiger partial charge is 0.407 e. The lowest BCUT2D eigenvalue weighted by molar-refractivity contribution is -0.161. The third-order valence-electron chi connectivity index (χ3n) is 7.00. The van der Waals surface area contributed by atoms with Crippen LogP contribution in [0.25, 0.3) is 0 Å². The quantitative estimate of drug-likeness (QED) is 0.311. The topological polar surface area (TPSA) is 99.8 Å². The van der Waals surface area contributed by atoms with Crippen molar-refractivity contribution in [2.45, 2.75) is 62.8 Å². The van der Waals surface area contributed by atoms with Gasteiger partial charge < -0.3 is 20.3 Å². The molecule has 41 heavy (non-hydrogen) atoms. The van der Waals surface area contributed by atoms with Gasteiger partial charge in [-0.15, -0.1) is 0 Å². The second kappa shape index (κ2) is 14.4. The number of hydrogen-bond donors (Lipinski definition) is 3. The van der Waals surface area contributed by atoms with Crippen LogP contribution in [-0.4, -0.2) is 71.7 Å². The molecule has 3 atom stereocenters. The van der Waals surface area contributed by atoms with Crippen LogP contribution in [0.4, 0.5) is 24.5 Å². The standard InChI is InChI=1S/C29H41F3N4O4S/c1-5-22(19-33-23-8-10-24(11-9-23)36-14-16-40-17-15-36)34-28(37)26(18-20(2)3)35-27(29(30,31)32)21-6-12-25(13-7-21)41(4,38)39/h6-13,20,22,26-27,33,35H,5,14-19H2,1-4H3,(H,34,37)/t22-,26-,27-/m0/s1. The molecule has 2 aromatic carbocycles. The molecule has 12 heteroatoms. The van der Waals surface area contributed by atoms with Crippen LogP contribution in [0.1, 0.15) is 45.2 Å². The van der Waals surface area contributed by atoms with Crippen LogP contribution in [0.3, 0.4) is 0 Å². The number of nitrogens with zero attached hydrogens (tertiary/aromatic N) is 1. The highest BCUT2D eigenvalue weighted by atomic mass is 32.2. The van der Waals surface area contributed by atoms with Gasteiger partial charge in [0.2, 0.25) is 5.91 Å². The van der Waals surface area contributed by atoms with Crippen LogP contribution in [0.15, 0.2) is 53.4 Å². The maximum absolute atomic E-state index is 14.2. The summed E-state index contributed by atoms with van der Waals surface area (Å²) in [6.07, 6.45) is -2.95. The molecule has 1 aliphatic rings. The lowest BCUT2D eigenvalue weighted by atomic mass is 9.99. The molecule has 1 saturated heterocycles. The monoisotopic (exact) mass is 598 g/mol. The van der Waals surface area contributed by atoms with E-state index < -0.39 is 34.0 Å². The smallest absolute Gasteiger partial charge is 0.383 e. The van der Waals surface area contributed by atoms with Crippen LogP contribution in [0.5, 0.6) is 0 Å². The van der Waals surface area contributed by atoms with Crippen LogP contribution in [0, 0.1) is 5.92 Å². The molecule has 228 valence electrons. The lowest BCUT2D eigenvalue weighted by Crippen LogP contribution is -2.52. The molecule has 1 heterocycles. The van der Waals surface area contributed by atoms with E-state index in [-0.39, 0.29) is 28.8 Å². The Morgan fingerprint density at radius 2 is 1.63 bits per heavy atom. The number of alkyl halides is 3. The molecular formula is C29H41F3N4O4S. The van der Waals surface area contributed by atoms with Gasteiger partial charge in [0.15, 0.2) is 9.84 Å². The van der Waals surface area contributed by atoms with E-state index in [1.165, 1.54) is 0 Å².